The molecule has 0 atom stereocenters. The Bertz CT molecular complexity index is 525. The van der Waals surface area contributed by atoms with E-state index in [0.29, 0.717) is 11.4 Å². The summed E-state index contributed by atoms with van der Waals surface area (Å²) < 4.78 is 0. The molecule has 1 aromatic carbocycles. The highest BCUT2D eigenvalue weighted by molar-refractivity contribution is 6.31. The summed E-state index contributed by atoms with van der Waals surface area (Å²) in [4.78, 5) is 15.8. The minimum Gasteiger partial charge on any atom is -0.294 e. The Labute approximate surface area is 112 Å². The van der Waals surface area contributed by atoms with Gasteiger partial charge in [0.2, 0.25) is 0 Å². The fourth-order valence-electron chi connectivity index (χ4n) is 1.81. The van der Waals surface area contributed by atoms with Gasteiger partial charge in [-0.3, -0.25) is 9.78 Å². The van der Waals surface area contributed by atoms with Crippen molar-refractivity contribution in [1.82, 2.24) is 4.98 Å². The van der Waals surface area contributed by atoms with Crippen LogP contribution in [-0.4, -0.2) is 10.8 Å². The van der Waals surface area contributed by atoms with Gasteiger partial charge in [0.05, 0.1) is 5.02 Å². The molecule has 0 N–H and O–H groups in total. The predicted octanol–water partition coefficient (Wildman–Crippen LogP) is 3.94. The lowest BCUT2D eigenvalue weighted by Crippen LogP contribution is -1.99. The maximum Gasteiger partial charge on any atom is 0.162 e. The van der Waals surface area contributed by atoms with E-state index in [0.717, 1.165) is 24.0 Å². The van der Waals surface area contributed by atoms with Gasteiger partial charge in [-0.2, -0.15) is 0 Å². The number of carbonyl (C=O) groups is 1. The van der Waals surface area contributed by atoms with Gasteiger partial charge in [-0.1, -0.05) is 41.9 Å². The number of ketones is 1. The molecule has 0 amide bonds. The van der Waals surface area contributed by atoms with E-state index in [2.05, 4.69) is 4.98 Å². The second-order valence-electron chi connectivity index (χ2n) is 4.11. The summed E-state index contributed by atoms with van der Waals surface area (Å²) >= 11 is 6.01. The molecule has 0 saturated heterocycles. The minimum absolute atomic E-state index is 0.181. The zero-order valence-corrected chi connectivity index (χ0v) is 10.7. The molecule has 0 aliphatic carbocycles. The van der Waals surface area contributed by atoms with Gasteiger partial charge < -0.3 is 0 Å². The first-order valence-corrected chi connectivity index (χ1v) is 6.32. The number of benzene rings is 1. The third-order valence-electron chi connectivity index (χ3n) is 2.80. The summed E-state index contributed by atoms with van der Waals surface area (Å²) in [6.45, 7) is 0. The summed E-state index contributed by atoms with van der Waals surface area (Å²) in [7, 11) is 0. The lowest BCUT2D eigenvalue weighted by Gasteiger charge is -2.03. The van der Waals surface area contributed by atoms with Crippen LogP contribution in [0.25, 0.3) is 0 Å². The van der Waals surface area contributed by atoms with E-state index in [4.69, 9.17) is 11.6 Å². The number of halogens is 1. The lowest BCUT2D eigenvalue weighted by atomic mass is 10.0. The van der Waals surface area contributed by atoms with Crippen LogP contribution in [0.1, 0.15) is 28.8 Å². The van der Waals surface area contributed by atoms with E-state index >= 15 is 0 Å². The fraction of sp³-hybridized carbons (Fsp3) is 0.200. The maximum absolute atomic E-state index is 11.9. The van der Waals surface area contributed by atoms with Gasteiger partial charge in [0.1, 0.15) is 0 Å². The highest BCUT2D eigenvalue weighted by atomic mass is 35.5. The number of rotatable bonds is 5. The minimum atomic E-state index is 0.181. The Hall–Kier alpha value is -1.67. The van der Waals surface area contributed by atoms with Crippen LogP contribution in [0.2, 0.25) is 5.02 Å². The van der Waals surface area contributed by atoms with Crippen LogP contribution in [0.15, 0.2) is 48.8 Å². The molecule has 2 nitrogen and oxygen atoms in total. The third kappa shape index (κ3) is 3.41. The summed E-state index contributed by atoms with van der Waals surface area (Å²) in [5, 5.41) is 0.671. The highest BCUT2D eigenvalue weighted by Crippen LogP contribution is 2.16. The van der Waals surface area contributed by atoms with E-state index in [1.807, 2.05) is 36.4 Å². The van der Waals surface area contributed by atoms with Gasteiger partial charge in [0, 0.05) is 24.4 Å². The molecule has 18 heavy (non-hydrogen) atoms. The lowest BCUT2D eigenvalue weighted by molar-refractivity contribution is 0.0980. The Morgan fingerprint density at radius 3 is 2.67 bits per heavy atom. The molecule has 2 rings (SSSR count). The quantitative estimate of drug-likeness (QED) is 0.762. The largest absolute Gasteiger partial charge is 0.294 e. The zero-order valence-electron chi connectivity index (χ0n) is 9.97. The van der Waals surface area contributed by atoms with E-state index in [1.54, 1.807) is 12.4 Å². The Kier molecular flexibility index (Phi) is 4.48. The van der Waals surface area contributed by atoms with Crippen molar-refractivity contribution in [3.05, 3.63) is 64.9 Å². The van der Waals surface area contributed by atoms with Crippen LogP contribution in [-0.2, 0) is 6.42 Å². The topological polar surface area (TPSA) is 30.0 Å². The maximum atomic E-state index is 11.9. The zero-order chi connectivity index (χ0) is 12.8. The van der Waals surface area contributed by atoms with Gasteiger partial charge in [-0.25, -0.2) is 0 Å². The number of pyridine rings is 1. The number of hydrogen-bond donors (Lipinski definition) is 0. The van der Waals surface area contributed by atoms with E-state index in [1.165, 1.54) is 0 Å². The molecule has 1 aromatic heterocycles. The number of aromatic nitrogens is 1. The average molecular weight is 260 g/mol. The van der Waals surface area contributed by atoms with Crippen molar-refractivity contribution in [2.24, 2.45) is 0 Å². The van der Waals surface area contributed by atoms with Crippen LogP contribution in [0.4, 0.5) is 0 Å². The summed E-state index contributed by atoms with van der Waals surface area (Å²) in [6, 6.07) is 11.3. The monoisotopic (exact) mass is 259 g/mol. The van der Waals surface area contributed by atoms with Gasteiger partial charge in [0.25, 0.3) is 0 Å². The predicted molar refractivity (Wildman–Crippen MR) is 73.0 cm³/mol. The van der Waals surface area contributed by atoms with Crippen molar-refractivity contribution in [2.45, 2.75) is 19.3 Å². The van der Waals surface area contributed by atoms with Crippen LogP contribution < -0.4 is 0 Å². The first kappa shape index (κ1) is 12.8. The third-order valence-corrected chi connectivity index (χ3v) is 3.14. The molecule has 3 heteroatoms. The smallest absolute Gasteiger partial charge is 0.162 e. The first-order chi connectivity index (χ1) is 8.77. The Morgan fingerprint density at radius 2 is 1.94 bits per heavy atom. The van der Waals surface area contributed by atoms with E-state index in [-0.39, 0.29) is 5.78 Å². The molecule has 0 aliphatic heterocycles. The second-order valence-corrected chi connectivity index (χ2v) is 4.52. The van der Waals surface area contributed by atoms with Crippen molar-refractivity contribution >= 4 is 17.4 Å². The van der Waals surface area contributed by atoms with E-state index < -0.39 is 0 Å². The molecule has 0 saturated carbocycles. The second kappa shape index (κ2) is 6.31. The first-order valence-electron chi connectivity index (χ1n) is 5.94. The molecule has 0 aliphatic rings. The van der Waals surface area contributed by atoms with Crippen LogP contribution in [0.5, 0.6) is 0 Å². The number of aryl methyl sites for hydroxylation is 1. The Balaban J connectivity index is 1.86. The van der Waals surface area contributed by atoms with Crippen LogP contribution in [0.3, 0.4) is 0 Å². The van der Waals surface area contributed by atoms with Crippen molar-refractivity contribution in [3.63, 3.8) is 0 Å². The SMILES string of the molecule is O=C(CCCc1ccncc1Cl)c1ccccc1. The molecule has 2 aromatic rings. The number of Topliss-reactive ketones (excluding diaryl/α,β-unsaturated/α-hetero) is 1. The van der Waals surface area contributed by atoms with Crippen molar-refractivity contribution in [3.8, 4) is 0 Å². The van der Waals surface area contributed by atoms with Crippen molar-refractivity contribution in [1.29, 1.82) is 0 Å². The molecule has 1 heterocycles. The Morgan fingerprint density at radius 1 is 1.17 bits per heavy atom. The molecule has 92 valence electrons. The normalized spacial score (nSPS) is 10.3. The van der Waals surface area contributed by atoms with Crippen LogP contribution >= 0.6 is 11.6 Å². The number of carbonyl (C=O) groups excluding carboxylic acids is 1. The van der Waals surface area contributed by atoms with Crippen molar-refractivity contribution < 1.29 is 4.79 Å². The van der Waals surface area contributed by atoms with Gasteiger partial charge in [-0.05, 0) is 24.5 Å². The molecule has 0 radical (unpaired) electrons. The standard InChI is InChI=1S/C15H14ClNO/c16-14-11-17-10-9-12(14)7-4-8-15(18)13-5-2-1-3-6-13/h1-3,5-6,9-11H,4,7-8H2. The molecule has 0 bridgehead atoms. The van der Waals surface area contributed by atoms with Gasteiger partial charge >= 0.3 is 0 Å². The molecule has 0 unspecified atom stereocenters. The molecule has 0 fully saturated rings. The number of nitrogens with zero attached hydrogens (tertiary/aromatic N) is 1. The fourth-order valence-corrected chi connectivity index (χ4v) is 2.03. The van der Waals surface area contributed by atoms with Crippen LogP contribution in [0, 0.1) is 0 Å². The summed E-state index contributed by atoms with van der Waals surface area (Å²) in [5.41, 5.74) is 1.82. The molecule has 0 spiro atoms. The molecular weight excluding hydrogens is 246 g/mol. The average Bonchev–Trinajstić information content (AvgIpc) is 2.42. The highest BCUT2D eigenvalue weighted by Gasteiger charge is 2.06. The van der Waals surface area contributed by atoms with E-state index in [9.17, 15) is 4.79 Å². The van der Waals surface area contributed by atoms with Gasteiger partial charge in [-0.15, -0.1) is 0 Å². The van der Waals surface area contributed by atoms with Gasteiger partial charge in [0.15, 0.2) is 5.78 Å². The summed E-state index contributed by atoms with van der Waals surface area (Å²) in [5.74, 6) is 0.181. The summed E-state index contributed by atoms with van der Waals surface area (Å²) in [6.07, 6.45) is 5.51. The van der Waals surface area contributed by atoms with Crippen molar-refractivity contribution in [2.75, 3.05) is 0 Å². The number of hydrogen-bond acceptors (Lipinski definition) is 2. The molecular formula is C15H14ClNO.